The van der Waals surface area contributed by atoms with Crippen LogP contribution in [0.5, 0.6) is 5.75 Å². The molecule has 2 rings (SSSR count). The zero-order valence-corrected chi connectivity index (χ0v) is 9.27. The van der Waals surface area contributed by atoms with Crippen LogP contribution in [0.1, 0.15) is 18.4 Å². The Morgan fingerprint density at radius 1 is 1.35 bits per heavy atom. The van der Waals surface area contributed by atoms with Gasteiger partial charge in [0.1, 0.15) is 5.75 Å². The van der Waals surface area contributed by atoms with E-state index in [1.165, 1.54) is 6.07 Å². The molecule has 0 aliphatic heterocycles. The molecule has 0 unspecified atom stereocenters. The summed E-state index contributed by atoms with van der Waals surface area (Å²) in [5, 5.41) is 12.3. The maximum absolute atomic E-state index is 12.2. The Labute approximate surface area is 98.4 Å². The fraction of sp³-hybridized carbons (Fsp3) is 0.500. The molecule has 1 aromatic carbocycles. The van der Waals surface area contributed by atoms with Crippen molar-refractivity contribution in [2.75, 3.05) is 0 Å². The molecule has 0 saturated heterocycles. The number of hydrogen-bond donors (Lipinski definition) is 2. The molecule has 1 aromatic rings. The van der Waals surface area contributed by atoms with E-state index in [9.17, 15) is 8.78 Å². The molecule has 1 saturated carbocycles. The highest BCUT2D eigenvalue weighted by molar-refractivity contribution is 5.33. The van der Waals surface area contributed by atoms with E-state index < -0.39 is 6.61 Å². The van der Waals surface area contributed by atoms with Crippen molar-refractivity contribution < 1.29 is 18.6 Å². The number of aliphatic hydroxyl groups excluding tert-OH is 1. The van der Waals surface area contributed by atoms with Crippen LogP contribution in [0.3, 0.4) is 0 Å². The predicted octanol–water partition coefficient (Wildman–Crippen LogP) is 1.90. The summed E-state index contributed by atoms with van der Waals surface area (Å²) in [4.78, 5) is 0. The first kappa shape index (κ1) is 12.3. The van der Waals surface area contributed by atoms with Crippen LogP contribution in [0.4, 0.5) is 8.78 Å². The highest BCUT2D eigenvalue weighted by Crippen LogP contribution is 2.23. The fourth-order valence-corrected chi connectivity index (χ4v) is 1.87. The summed E-state index contributed by atoms with van der Waals surface area (Å²) in [6, 6.07) is 6.99. The van der Waals surface area contributed by atoms with Gasteiger partial charge in [-0.25, -0.2) is 0 Å². The lowest BCUT2D eigenvalue weighted by Gasteiger charge is -2.32. The van der Waals surface area contributed by atoms with Gasteiger partial charge >= 0.3 is 6.61 Å². The summed E-state index contributed by atoms with van der Waals surface area (Å²) in [7, 11) is 0. The van der Waals surface area contributed by atoms with Crippen molar-refractivity contribution in [2.24, 2.45) is 0 Å². The number of alkyl halides is 2. The molecule has 3 nitrogen and oxygen atoms in total. The molecule has 0 heterocycles. The van der Waals surface area contributed by atoms with E-state index in [4.69, 9.17) is 5.11 Å². The van der Waals surface area contributed by atoms with Crippen LogP contribution >= 0.6 is 0 Å². The van der Waals surface area contributed by atoms with Crippen molar-refractivity contribution in [1.29, 1.82) is 0 Å². The first-order valence-electron chi connectivity index (χ1n) is 5.59. The van der Waals surface area contributed by atoms with E-state index in [0.717, 1.165) is 12.8 Å². The standard InChI is InChI=1S/C12H15F2NO2/c13-12(14)17-11-4-2-1-3-8(11)7-15-9-5-10(16)6-9/h1-4,9-10,12,15-16H,5-7H2. The molecule has 0 radical (unpaired) electrons. The van der Waals surface area contributed by atoms with Gasteiger partial charge in [-0.3, -0.25) is 0 Å². The van der Waals surface area contributed by atoms with E-state index in [-0.39, 0.29) is 17.9 Å². The number of benzene rings is 1. The van der Waals surface area contributed by atoms with Crippen molar-refractivity contribution in [1.82, 2.24) is 5.32 Å². The molecule has 5 heteroatoms. The van der Waals surface area contributed by atoms with Gasteiger partial charge in [-0.05, 0) is 18.9 Å². The van der Waals surface area contributed by atoms with Gasteiger partial charge in [-0.15, -0.1) is 0 Å². The Morgan fingerprint density at radius 2 is 2.06 bits per heavy atom. The van der Waals surface area contributed by atoms with Crippen LogP contribution < -0.4 is 10.1 Å². The summed E-state index contributed by atoms with van der Waals surface area (Å²) in [6.45, 7) is -2.33. The first-order valence-corrected chi connectivity index (χ1v) is 5.59. The quantitative estimate of drug-likeness (QED) is 0.830. The third-order valence-electron chi connectivity index (χ3n) is 2.88. The molecule has 0 bridgehead atoms. The van der Waals surface area contributed by atoms with Crippen molar-refractivity contribution >= 4 is 0 Å². The summed E-state index contributed by atoms with van der Waals surface area (Å²) in [5.74, 6) is 0.204. The van der Waals surface area contributed by atoms with Crippen molar-refractivity contribution in [2.45, 2.75) is 38.1 Å². The van der Waals surface area contributed by atoms with Crippen LogP contribution in [0.15, 0.2) is 24.3 Å². The van der Waals surface area contributed by atoms with Gasteiger partial charge in [-0.1, -0.05) is 18.2 Å². The molecule has 2 N–H and O–H groups in total. The topological polar surface area (TPSA) is 41.5 Å². The average Bonchev–Trinajstić information content (AvgIpc) is 2.24. The molecule has 0 amide bonds. The van der Waals surface area contributed by atoms with Crippen LogP contribution in [0, 0.1) is 0 Å². The zero-order chi connectivity index (χ0) is 12.3. The number of hydrogen-bond acceptors (Lipinski definition) is 3. The lowest BCUT2D eigenvalue weighted by atomic mass is 9.89. The van der Waals surface area contributed by atoms with Gasteiger partial charge in [-0.2, -0.15) is 8.78 Å². The maximum Gasteiger partial charge on any atom is 0.387 e. The van der Waals surface area contributed by atoms with Gasteiger partial charge in [0.2, 0.25) is 0 Å². The Bertz CT molecular complexity index is 367. The fourth-order valence-electron chi connectivity index (χ4n) is 1.87. The van der Waals surface area contributed by atoms with Gasteiger partial charge in [0.25, 0.3) is 0 Å². The molecule has 94 valence electrons. The lowest BCUT2D eigenvalue weighted by Crippen LogP contribution is -2.43. The predicted molar refractivity (Wildman–Crippen MR) is 58.9 cm³/mol. The normalized spacial score (nSPS) is 23.5. The molecule has 0 atom stereocenters. The van der Waals surface area contributed by atoms with Crippen molar-refractivity contribution in [3.63, 3.8) is 0 Å². The summed E-state index contributed by atoms with van der Waals surface area (Å²) in [5.41, 5.74) is 0.703. The number of aliphatic hydroxyl groups is 1. The van der Waals surface area contributed by atoms with Crippen molar-refractivity contribution in [3.05, 3.63) is 29.8 Å². The molecular weight excluding hydrogens is 228 g/mol. The summed E-state index contributed by atoms with van der Waals surface area (Å²) >= 11 is 0. The van der Waals surface area contributed by atoms with Gasteiger partial charge in [0.15, 0.2) is 0 Å². The minimum atomic E-state index is -2.80. The summed E-state index contributed by atoms with van der Waals surface area (Å²) < 4.78 is 28.7. The number of para-hydroxylation sites is 1. The minimum absolute atomic E-state index is 0.204. The van der Waals surface area contributed by atoms with E-state index >= 15 is 0 Å². The Morgan fingerprint density at radius 3 is 2.71 bits per heavy atom. The Kier molecular flexibility index (Phi) is 3.91. The number of halogens is 2. The third-order valence-corrected chi connectivity index (χ3v) is 2.88. The molecule has 1 aliphatic rings. The second-order valence-electron chi connectivity index (χ2n) is 4.19. The Balaban J connectivity index is 1.90. The number of rotatable bonds is 5. The SMILES string of the molecule is OC1CC(NCc2ccccc2OC(F)F)C1. The zero-order valence-electron chi connectivity index (χ0n) is 9.27. The van der Waals surface area contributed by atoms with Crippen LogP contribution in [0.2, 0.25) is 0 Å². The van der Waals surface area contributed by atoms with E-state index in [2.05, 4.69) is 10.1 Å². The average molecular weight is 243 g/mol. The first-order chi connectivity index (χ1) is 8.15. The molecule has 0 aromatic heterocycles. The second-order valence-corrected chi connectivity index (χ2v) is 4.19. The lowest BCUT2D eigenvalue weighted by molar-refractivity contribution is -0.0505. The van der Waals surface area contributed by atoms with Gasteiger partial charge in [0, 0.05) is 18.2 Å². The Hall–Kier alpha value is -1.20. The molecular formula is C12H15F2NO2. The highest BCUT2D eigenvalue weighted by Gasteiger charge is 2.26. The highest BCUT2D eigenvalue weighted by atomic mass is 19.3. The van der Waals surface area contributed by atoms with E-state index in [1.54, 1.807) is 18.2 Å². The molecule has 17 heavy (non-hydrogen) atoms. The van der Waals surface area contributed by atoms with Gasteiger partial charge in [0.05, 0.1) is 6.10 Å². The largest absolute Gasteiger partial charge is 0.434 e. The number of ether oxygens (including phenoxy) is 1. The number of nitrogens with one attached hydrogen (secondary N) is 1. The van der Waals surface area contributed by atoms with E-state index in [0.29, 0.717) is 12.1 Å². The van der Waals surface area contributed by atoms with Crippen molar-refractivity contribution in [3.8, 4) is 5.75 Å². The third kappa shape index (κ3) is 3.38. The minimum Gasteiger partial charge on any atom is -0.434 e. The summed E-state index contributed by atoms with van der Waals surface area (Å²) in [6.07, 6.45) is 1.22. The van der Waals surface area contributed by atoms with E-state index in [1.807, 2.05) is 0 Å². The maximum atomic E-state index is 12.2. The smallest absolute Gasteiger partial charge is 0.387 e. The van der Waals surface area contributed by atoms with Crippen LogP contribution in [0.25, 0.3) is 0 Å². The molecule has 0 spiro atoms. The van der Waals surface area contributed by atoms with Crippen LogP contribution in [-0.4, -0.2) is 23.9 Å². The monoisotopic (exact) mass is 243 g/mol. The molecule has 1 aliphatic carbocycles. The van der Waals surface area contributed by atoms with Gasteiger partial charge < -0.3 is 15.2 Å². The van der Waals surface area contributed by atoms with Crippen LogP contribution in [-0.2, 0) is 6.54 Å². The molecule has 1 fully saturated rings. The second kappa shape index (κ2) is 5.42.